The summed E-state index contributed by atoms with van der Waals surface area (Å²) in [6, 6.07) is 6.07. The Labute approximate surface area is 123 Å². The number of anilines is 1. The molecule has 22 heavy (non-hydrogen) atoms. The number of halogens is 3. The summed E-state index contributed by atoms with van der Waals surface area (Å²) >= 11 is 0. The highest BCUT2D eigenvalue weighted by Crippen LogP contribution is 2.37. The summed E-state index contributed by atoms with van der Waals surface area (Å²) in [6.45, 7) is 1.75. The summed E-state index contributed by atoms with van der Waals surface area (Å²) in [5.41, 5.74) is 0.556. The molecule has 1 saturated heterocycles. The Balaban J connectivity index is 2.02. The van der Waals surface area contributed by atoms with Crippen molar-refractivity contribution in [3.8, 4) is 0 Å². The molecule has 4 rings (SSSR count). The maximum Gasteiger partial charge on any atom is 0.417 e. The molecule has 114 valence electrons. The van der Waals surface area contributed by atoms with Gasteiger partial charge in [-0.05, 0) is 47.5 Å². The van der Waals surface area contributed by atoms with Crippen LogP contribution in [-0.4, -0.2) is 33.1 Å². The van der Waals surface area contributed by atoms with E-state index in [1.807, 2.05) is 6.07 Å². The zero-order chi connectivity index (χ0) is 15.3. The molecule has 1 aliphatic rings. The molecule has 0 amide bonds. The second-order valence-electron chi connectivity index (χ2n) is 5.40. The summed E-state index contributed by atoms with van der Waals surface area (Å²) in [5.74, 6) is 0. The topological polar surface area (TPSA) is 46.3 Å². The van der Waals surface area contributed by atoms with Crippen molar-refractivity contribution in [1.82, 2.24) is 20.0 Å². The first-order valence-electron chi connectivity index (χ1n) is 7.01. The van der Waals surface area contributed by atoms with E-state index in [-0.39, 0.29) is 11.0 Å². The van der Waals surface area contributed by atoms with Gasteiger partial charge >= 0.3 is 6.18 Å². The minimum atomic E-state index is -4.45. The highest BCUT2D eigenvalue weighted by atomic mass is 19.4. The molecule has 1 aliphatic heterocycles. The van der Waals surface area contributed by atoms with E-state index in [9.17, 15) is 13.2 Å². The summed E-state index contributed by atoms with van der Waals surface area (Å²) in [7, 11) is 0. The number of hydrogen-bond acceptors (Lipinski definition) is 4. The minimum absolute atomic E-state index is 0.0914. The third kappa shape index (κ3) is 1.98. The van der Waals surface area contributed by atoms with Gasteiger partial charge in [0.25, 0.3) is 0 Å². The fourth-order valence-electron chi connectivity index (χ4n) is 2.99. The Morgan fingerprint density at radius 3 is 2.55 bits per heavy atom. The van der Waals surface area contributed by atoms with Crippen molar-refractivity contribution < 1.29 is 13.2 Å². The summed E-state index contributed by atoms with van der Waals surface area (Å²) in [5, 5.41) is 11.0. The van der Waals surface area contributed by atoms with Crippen molar-refractivity contribution in [2.45, 2.75) is 19.0 Å². The van der Waals surface area contributed by atoms with Crippen molar-refractivity contribution in [1.29, 1.82) is 0 Å². The van der Waals surface area contributed by atoms with Gasteiger partial charge in [-0.25, -0.2) is 0 Å². The molecule has 0 atom stereocenters. The van der Waals surface area contributed by atoms with Gasteiger partial charge in [-0.1, -0.05) is 0 Å². The van der Waals surface area contributed by atoms with E-state index in [1.54, 1.807) is 12.1 Å². The smallest absolute Gasteiger partial charge is 0.372 e. The lowest BCUT2D eigenvalue weighted by atomic mass is 10.1. The van der Waals surface area contributed by atoms with Crippen molar-refractivity contribution >= 4 is 22.2 Å². The number of aromatic nitrogens is 4. The van der Waals surface area contributed by atoms with Crippen LogP contribution in [0.5, 0.6) is 0 Å². The number of tetrazole rings is 1. The maximum atomic E-state index is 13.4. The maximum absolute atomic E-state index is 13.4. The molecule has 1 fully saturated rings. The average molecular weight is 307 g/mol. The Morgan fingerprint density at radius 1 is 1.05 bits per heavy atom. The van der Waals surface area contributed by atoms with E-state index in [4.69, 9.17) is 0 Å². The van der Waals surface area contributed by atoms with Crippen LogP contribution in [0.25, 0.3) is 16.6 Å². The SMILES string of the molecule is FC(F)(F)c1cc2nnnn2c2ccc(N3CCCC3)cc12. The van der Waals surface area contributed by atoms with Crippen LogP contribution < -0.4 is 4.90 Å². The van der Waals surface area contributed by atoms with Gasteiger partial charge in [0.2, 0.25) is 0 Å². The molecule has 3 aromatic rings. The number of fused-ring (bicyclic) bond motifs is 3. The predicted molar refractivity (Wildman–Crippen MR) is 74.7 cm³/mol. The van der Waals surface area contributed by atoms with Crippen LogP contribution >= 0.6 is 0 Å². The number of hydrogen-bond donors (Lipinski definition) is 0. The zero-order valence-corrected chi connectivity index (χ0v) is 11.5. The lowest BCUT2D eigenvalue weighted by molar-refractivity contribution is -0.136. The Kier molecular flexibility index (Phi) is 2.75. The number of pyridine rings is 1. The number of alkyl halides is 3. The van der Waals surface area contributed by atoms with Crippen LogP contribution in [0, 0.1) is 0 Å². The van der Waals surface area contributed by atoms with E-state index in [2.05, 4.69) is 20.4 Å². The molecule has 0 spiro atoms. The lowest BCUT2D eigenvalue weighted by Crippen LogP contribution is -2.17. The monoisotopic (exact) mass is 307 g/mol. The minimum Gasteiger partial charge on any atom is -0.372 e. The molecule has 2 aromatic heterocycles. The fourth-order valence-corrected chi connectivity index (χ4v) is 2.99. The van der Waals surface area contributed by atoms with Crippen molar-refractivity contribution in [3.05, 3.63) is 29.8 Å². The van der Waals surface area contributed by atoms with E-state index < -0.39 is 11.7 Å². The van der Waals surface area contributed by atoms with Crippen LogP contribution in [0.4, 0.5) is 18.9 Å². The molecule has 1 aromatic carbocycles. The van der Waals surface area contributed by atoms with Crippen LogP contribution in [-0.2, 0) is 6.18 Å². The second kappa shape index (κ2) is 4.56. The standard InChI is InChI=1S/C14H12F3N5/c15-14(16,17)11-8-13-18-19-20-22(13)12-4-3-9(7-10(11)12)21-5-1-2-6-21/h3-4,7-8H,1-2,5-6H2. The third-order valence-corrected chi connectivity index (χ3v) is 4.04. The first-order valence-corrected chi connectivity index (χ1v) is 7.01. The van der Waals surface area contributed by atoms with Gasteiger partial charge in [0.1, 0.15) is 0 Å². The van der Waals surface area contributed by atoms with E-state index >= 15 is 0 Å². The van der Waals surface area contributed by atoms with Crippen LogP contribution in [0.1, 0.15) is 18.4 Å². The van der Waals surface area contributed by atoms with E-state index in [1.165, 1.54) is 4.52 Å². The first-order chi connectivity index (χ1) is 10.5. The Hall–Kier alpha value is -2.38. The summed E-state index contributed by atoms with van der Waals surface area (Å²) in [4.78, 5) is 2.10. The molecular weight excluding hydrogens is 295 g/mol. The molecule has 0 radical (unpaired) electrons. The first kappa shape index (κ1) is 13.3. The van der Waals surface area contributed by atoms with Gasteiger partial charge in [-0.3, -0.25) is 0 Å². The molecule has 0 N–H and O–H groups in total. The Bertz CT molecular complexity index is 849. The zero-order valence-electron chi connectivity index (χ0n) is 11.5. The molecule has 0 aliphatic carbocycles. The van der Waals surface area contributed by atoms with Gasteiger partial charge in [0.15, 0.2) is 5.65 Å². The molecule has 3 heterocycles. The van der Waals surface area contributed by atoms with E-state index in [0.717, 1.165) is 37.7 Å². The third-order valence-electron chi connectivity index (χ3n) is 4.04. The molecule has 0 unspecified atom stereocenters. The highest BCUT2D eigenvalue weighted by Gasteiger charge is 2.34. The van der Waals surface area contributed by atoms with Gasteiger partial charge in [-0.15, -0.1) is 5.10 Å². The molecule has 0 bridgehead atoms. The molecule has 0 saturated carbocycles. The van der Waals surface area contributed by atoms with Crippen molar-refractivity contribution in [2.24, 2.45) is 0 Å². The molecule has 8 heteroatoms. The number of rotatable bonds is 1. The number of nitrogens with zero attached hydrogens (tertiary/aromatic N) is 5. The lowest BCUT2D eigenvalue weighted by Gasteiger charge is -2.19. The normalized spacial score (nSPS) is 16.0. The summed E-state index contributed by atoms with van der Waals surface area (Å²) in [6.07, 6.45) is -2.32. The van der Waals surface area contributed by atoms with Gasteiger partial charge in [-0.2, -0.15) is 17.7 Å². The summed E-state index contributed by atoms with van der Waals surface area (Å²) < 4.78 is 41.4. The van der Waals surface area contributed by atoms with Crippen LogP contribution in [0.15, 0.2) is 24.3 Å². The van der Waals surface area contributed by atoms with Gasteiger partial charge in [0, 0.05) is 24.2 Å². The van der Waals surface area contributed by atoms with Crippen molar-refractivity contribution in [3.63, 3.8) is 0 Å². The van der Waals surface area contributed by atoms with Gasteiger partial charge < -0.3 is 4.90 Å². The number of benzene rings is 1. The van der Waals surface area contributed by atoms with Crippen LogP contribution in [0.2, 0.25) is 0 Å². The Morgan fingerprint density at radius 2 is 1.82 bits per heavy atom. The largest absolute Gasteiger partial charge is 0.417 e. The second-order valence-corrected chi connectivity index (χ2v) is 5.40. The average Bonchev–Trinajstić information content (AvgIpc) is 3.16. The molecular formula is C14H12F3N5. The van der Waals surface area contributed by atoms with E-state index in [0.29, 0.717) is 5.52 Å². The van der Waals surface area contributed by atoms with Crippen molar-refractivity contribution in [2.75, 3.05) is 18.0 Å². The predicted octanol–water partition coefficient (Wildman–Crippen LogP) is 2.90. The fraction of sp³-hybridized carbons (Fsp3) is 0.357. The molecule has 5 nitrogen and oxygen atoms in total. The quantitative estimate of drug-likeness (QED) is 0.693. The van der Waals surface area contributed by atoms with Crippen LogP contribution in [0.3, 0.4) is 0 Å². The van der Waals surface area contributed by atoms with Gasteiger partial charge in [0.05, 0.1) is 11.1 Å². The highest BCUT2D eigenvalue weighted by molar-refractivity contribution is 5.88.